The predicted octanol–water partition coefficient (Wildman–Crippen LogP) is 2.05. The Morgan fingerprint density at radius 1 is 1.62 bits per heavy atom. The highest BCUT2D eigenvalue weighted by atomic mass is 16.1. The van der Waals surface area contributed by atoms with Gasteiger partial charge < -0.3 is 5.32 Å². The number of Topliss-reactive ketones (excluding diaryl/α,β-unsaturated/α-hetero) is 1. The number of carbonyl (C=O) groups excluding carboxylic acids is 1. The van der Waals surface area contributed by atoms with Gasteiger partial charge in [0.15, 0.2) is 5.78 Å². The van der Waals surface area contributed by atoms with Gasteiger partial charge in [0.25, 0.3) is 0 Å². The van der Waals surface area contributed by atoms with Gasteiger partial charge in [-0.3, -0.25) is 4.79 Å². The van der Waals surface area contributed by atoms with Crippen molar-refractivity contribution in [2.24, 2.45) is 0 Å². The fraction of sp³-hybridized carbons (Fsp3) is 0.727. The van der Waals surface area contributed by atoms with Gasteiger partial charge in [-0.25, -0.2) is 0 Å². The predicted molar refractivity (Wildman–Crippen MR) is 54.7 cm³/mol. The van der Waals surface area contributed by atoms with Crippen LogP contribution in [-0.4, -0.2) is 17.9 Å². The van der Waals surface area contributed by atoms with Crippen LogP contribution in [0.1, 0.15) is 39.0 Å². The molecule has 1 N–H and O–H groups in total. The Morgan fingerprint density at radius 2 is 2.38 bits per heavy atom. The molecule has 74 valence electrons. The smallest absolute Gasteiger partial charge is 0.152 e. The molecule has 0 bridgehead atoms. The van der Waals surface area contributed by atoms with E-state index in [1.54, 1.807) is 0 Å². The molecule has 13 heavy (non-hydrogen) atoms. The van der Waals surface area contributed by atoms with Gasteiger partial charge in [-0.2, -0.15) is 0 Å². The second-order valence-electron chi connectivity index (χ2n) is 3.97. The Bertz CT molecular complexity index is 192. The molecule has 2 heteroatoms. The van der Waals surface area contributed by atoms with Crippen LogP contribution in [0.5, 0.6) is 0 Å². The van der Waals surface area contributed by atoms with E-state index in [4.69, 9.17) is 0 Å². The topological polar surface area (TPSA) is 29.1 Å². The molecular formula is C11H19NO. The zero-order valence-corrected chi connectivity index (χ0v) is 8.44. The minimum Gasteiger partial charge on any atom is -0.305 e. The summed E-state index contributed by atoms with van der Waals surface area (Å²) in [5.74, 6) is 0.340. The minimum atomic E-state index is -0.249. The van der Waals surface area contributed by atoms with Crippen LogP contribution in [0.25, 0.3) is 0 Å². The Morgan fingerprint density at radius 3 is 2.92 bits per heavy atom. The first-order chi connectivity index (χ1) is 6.19. The molecule has 0 aliphatic carbocycles. The fourth-order valence-electron chi connectivity index (χ4n) is 1.80. The average molecular weight is 181 g/mol. The van der Waals surface area contributed by atoms with Gasteiger partial charge in [-0.05, 0) is 39.2 Å². The van der Waals surface area contributed by atoms with Crippen molar-refractivity contribution in [2.45, 2.75) is 44.6 Å². The minimum absolute atomic E-state index is 0.249. The Labute approximate surface area is 80.4 Å². The van der Waals surface area contributed by atoms with E-state index in [0.29, 0.717) is 12.2 Å². The van der Waals surface area contributed by atoms with E-state index >= 15 is 0 Å². The lowest BCUT2D eigenvalue weighted by Gasteiger charge is -2.33. The standard InChI is InChI=1S/C11H19NO/c1-3-4-7-10(13)11(2)8-5-6-9-12-11/h3,12H,1,4-9H2,2H3. The van der Waals surface area contributed by atoms with E-state index in [0.717, 1.165) is 19.4 Å². The molecular weight excluding hydrogens is 162 g/mol. The second kappa shape index (κ2) is 4.56. The summed E-state index contributed by atoms with van der Waals surface area (Å²) in [7, 11) is 0. The molecule has 0 aromatic rings. The van der Waals surface area contributed by atoms with Gasteiger partial charge in [0.1, 0.15) is 0 Å². The summed E-state index contributed by atoms with van der Waals surface area (Å²) in [6, 6.07) is 0. The molecule has 1 fully saturated rings. The van der Waals surface area contributed by atoms with Crippen LogP contribution in [0, 0.1) is 0 Å². The fourth-order valence-corrected chi connectivity index (χ4v) is 1.80. The van der Waals surface area contributed by atoms with Crippen LogP contribution in [0.15, 0.2) is 12.7 Å². The first-order valence-electron chi connectivity index (χ1n) is 5.08. The van der Waals surface area contributed by atoms with E-state index < -0.39 is 0 Å². The number of carbonyl (C=O) groups is 1. The molecule has 0 saturated carbocycles. The highest BCUT2D eigenvalue weighted by Gasteiger charge is 2.32. The molecule has 1 aliphatic heterocycles. The van der Waals surface area contributed by atoms with Gasteiger partial charge in [0.05, 0.1) is 5.54 Å². The summed E-state index contributed by atoms with van der Waals surface area (Å²) in [6.07, 6.45) is 6.60. The van der Waals surface area contributed by atoms with Crippen molar-refractivity contribution >= 4 is 5.78 Å². The summed E-state index contributed by atoms with van der Waals surface area (Å²) in [5, 5.41) is 3.32. The maximum atomic E-state index is 11.8. The van der Waals surface area contributed by atoms with Crippen LogP contribution < -0.4 is 5.32 Å². The highest BCUT2D eigenvalue weighted by Crippen LogP contribution is 2.21. The number of hydrogen-bond donors (Lipinski definition) is 1. The Balaban J connectivity index is 2.46. The first-order valence-corrected chi connectivity index (χ1v) is 5.08. The summed E-state index contributed by atoms with van der Waals surface area (Å²) in [5.41, 5.74) is -0.249. The third-order valence-electron chi connectivity index (χ3n) is 2.81. The number of nitrogens with one attached hydrogen (secondary N) is 1. The van der Waals surface area contributed by atoms with Crippen LogP contribution in [-0.2, 0) is 4.79 Å². The second-order valence-corrected chi connectivity index (χ2v) is 3.97. The summed E-state index contributed by atoms with van der Waals surface area (Å²) in [6.45, 7) is 6.64. The van der Waals surface area contributed by atoms with Crippen LogP contribution in [0.4, 0.5) is 0 Å². The van der Waals surface area contributed by atoms with Gasteiger partial charge in [0, 0.05) is 6.42 Å². The van der Waals surface area contributed by atoms with Crippen molar-refractivity contribution in [3.63, 3.8) is 0 Å². The molecule has 1 aliphatic rings. The molecule has 1 heterocycles. The quantitative estimate of drug-likeness (QED) is 0.672. The number of piperidine rings is 1. The van der Waals surface area contributed by atoms with E-state index in [1.165, 1.54) is 12.8 Å². The SMILES string of the molecule is C=CCCC(=O)C1(C)CCCCN1. The number of hydrogen-bond acceptors (Lipinski definition) is 2. The van der Waals surface area contributed by atoms with Crippen LogP contribution in [0.2, 0.25) is 0 Å². The monoisotopic (exact) mass is 181 g/mol. The van der Waals surface area contributed by atoms with Crippen molar-refractivity contribution < 1.29 is 4.79 Å². The number of ketones is 1. The normalized spacial score (nSPS) is 28.4. The van der Waals surface area contributed by atoms with Crippen molar-refractivity contribution in [3.05, 3.63) is 12.7 Å². The zero-order chi connectivity index (χ0) is 9.73. The van der Waals surface area contributed by atoms with Crippen molar-refractivity contribution in [1.29, 1.82) is 0 Å². The molecule has 1 rings (SSSR count). The van der Waals surface area contributed by atoms with Crippen LogP contribution >= 0.6 is 0 Å². The molecule has 0 aromatic carbocycles. The van der Waals surface area contributed by atoms with E-state index in [1.807, 2.05) is 13.0 Å². The van der Waals surface area contributed by atoms with Crippen LogP contribution in [0.3, 0.4) is 0 Å². The largest absolute Gasteiger partial charge is 0.305 e. The molecule has 1 unspecified atom stereocenters. The lowest BCUT2D eigenvalue weighted by Crippen LogP contribution is -2.52. The lowest BCUT2D eigenvalue weighted by molar-refractivity contribution is -0.125. The Kier molecular flexibility index (Phi) is 3.67. The third kappa shape index (κ3) is 2.66. The van der Waals surface area contributed by atoms with E-state index in [9.17, 15) is 4.79 Å². The van der Waals surface area contributed by atoms with Crippen molar-refractivity contribution in [1.82, 2.24) is 5.32 Å². The van der Waals surface area contributed by atoms with E-state index in [-0.39, 0.29) is 5.54 Å². The molecule has 0 spiro atoms. The van der Waals surface area contributed by atoms with Gasteiger partial charge in [-0.1, -0.05) is 6.08 Å². The number of allylic oxidation sites excluding steroid dienone is 1. The summed E-state index contributed by atoms with van der Waals surface area (Å²) >= 11 is 0. The zero-order valence-electron chi connectivity index (χ0n) is 8.44. The molecule has 0 amide bonds. The average Bonchev–Trinajstić information content (AvgIpc) is 2.15. The lowest BCUT2D eigenvalue weighted by atomic mass is 9.85. The number of rotatable bonds is 4. The van der Waals surface area contributed by atoms with E-state index in [2.05, 4.69) is 11.9 Å². The molecule has 1 atom stereocenters. The molecule has 2 nitrogen and oxygen atoms in total. The molecule has 0 aromatic heterocycles. The van der Waals surface area contributed by atoms with Crippen molar-refractivity contribution in [2.75, 3.05) is 6.54 Å². The van der Waals surface area contributed by atoms with Gasteiger partial charge in [0.2, 0.25) is 0 Å². The Hall–Kier alpha value is -0.630. The van der Waals surface area contributed by atoms with Gasteiger partial charge in [-0.15, -0.1) is 6.58 Å². The molecule has 1 saturated heterocycles. The molecule has 0 radical (unpaired) electrons. The maximum absolute atomic E-state index is 11.8. The first kappa shape index (κ1) is 10.5. The third-order valence-corrected chi connectivity index (χ3v) is 2.81. The summed E-state index contributed by atoms with van der Waals surface area (Å²) < 4.78 is 0. The maximum Gasteiger partial charge on any atom is 0.152 e. The summed E-state index contributed by atoms with van der Waals surface area (Å²) in [4.78, 5) is 11.8. The van der Waals surface area contributed by atoms with Gasteiger partial charge >= 0.3 is 0 Å². The van der Waals surface area contributed by atoms with Crippen molar-refractivity contribution in [3.8, 4) is 0 Å². The highest BCUT2D eigenvalue weighted by molar-refractivity contribution is 5.88.